The van der Waals surface area contributed by atoms with Gasteiger partial charge in [0.05, 0.1) is 23.8 Å². The molecule has 3 aromatic carbocycles. The van der Waals surface area contributed by atoms with Gasteiger partial charge in [0, 0.05) is 18.7 Å². The molecular formula is C28H24F9NO3. The third-order valence-electron chi connectivity index (χ3n) is 6.27. The molecular weight excluding hydrogens is 569 g/mol. The van der Waals surface area contributed by atoms with E-state index in [4.69, 9.17) is 4.74 Å². The van der Waals surface area contributed by atoms with E-state index in [-0.39, 0.29) is 28.9 Å². The number of ether oxygens (including phenoxy) is 1. The molecule has 0 saturated carbocycles. The van der Waals surface area contributed by atoms with Gasteiger partial charge in [0.1, 0.15) is 5.75 Å². The van der Waals surface area contributed by atoms with Gasteiger partial charge in [-0.25, -0.2) is 4.79 Å². The lowest BCUT2D eigenvalue weighted by Crippen LogP contribution is -2.29. The standard InChI is InChI=1S/C28H24F9NO3/c1-15(2)17-4-7-24(41-3)23(11-17)22-6-5-19(26(29,30)31)10-18(22)14-38(25(39)40)13-16-8-20(27(32,33)34)12-21(9-16)28(35,36)37/h4-12,15H,13-14H2,1-3H3,(H,39,40). The maximum Gasteiger partial charge on any atom is 0.416 e. The van der Waals surface area contributed by atoms with Crippen molar-refractivity contribution in [3.05, 3.63) is 88.0 Å². The molecule has 4 nitrogen and oxygen atoms in total. The number of methoxy groups -OCH3 is 1. The molecule has 0 heterocycles. The summed E-state index contributed by atoms with van der Waals surface area (Å²) < 4.78 is 126. The molecule has 41 heavy (non-hydrogen) atoms. The second-order valence-corrected chi connectivity index (χ2v) is 9.54. The average molecular weight is 593 g/mol. The van der Waals surface area contributed by atoms with Gasteiger partial charge in [0.25, 0.3) is 0 Å². The molecule has 0 aromatic heterocycles. The van der Waals surface area contributed by atoms with Gasteiger partial charge in [-0.05, 0) is 70.6 Å². The van der Waals surface area contributed by atoms with E-state index >= 15 is 0 Å². The van der Waals surface area contributed by atoms with Gasteiger partial charge in [0.2, 0.25) is 0 Å². The lowest BCUT2D eigenvalue weighted by Gasteiger charge is -2.24. The first kappa shape index (κ1) is 31.6. The highest BCUT2D eigenvalue weighted by atomic mass is 19.4. The highest BCUT2D eigenvalue weighted by Gasteiger charge is 2.37. The van der Waals surface area contributed by atoms with Crippen molar-refractivity contribution in [2.24, 2.45) is 0 Å². The second kappa shape index (κ2) is 11.5. The summed E-state index contributed by atoms with van der Waals surface area (Å²) in [4.78, 5) is 12.5. The molecule has 3 rings (SSSR count). The summed E-state index contributed by atoms with van der Waals surface area (Å²) in [6.45, 7) is 1.98. The molecule has 1 N–H and O–H groups in total. The Hall–Kier alpha value is -3.90. The highest BCUT2D eigenvalue weighted by molar-refractivity contribution is 5.75. The summed E-state index contributed by atoms with van der Waals surface area (Å²) in [5, 5.41) is 9.80. The Balaban J connectivity index is 2.17. The third-order valence-corrected chi connectivity index (χ3v) is 6.27. The highest BCUT2D eigenvalue weighted by Crippen LogP contribution is 2.40. The Labute approximate surface area is 229 Å². The van der Waals surface area contributed by atoms with Crippen molar-refractivity contribution in [3.63, 3.8) is 0 Å². The molecule has 3 aromatic rings. The van der Waals surface area contributed by atoms with Crippen LogP contribution in [-0.4, -0.2) is 23.2 Å². The van der Waals surface area contributed by atoms with Crippen molar-refractivity contribution in [2.45, 2.75) is 51.4 Å². The van der Waals surface area contributed by atoms with Crippen molar-refractivity contribution in [1.29, 1.82) is 0 Å². The van der Waals surface area contributed by atoms with Gasteiger partial charge in [-0.15, -0.1) is 0 Å². The number of hydrogen-bond acceptors (Lipinski definition) is 2. The first-order chi connectivity index (χ1) is 18.8. The minimum Gasteiger partial charge on any atom is -0.496 e. The number of nitrogens with zero attached hydrogens (tertiary/aromatic N) is 1. The fourth-order valence-electron chi connectivity index (χ4n) is 4.19. The smallest absolute Gasteiger partial charge is 0.416 e. The number of hydrogen-bond donors (Lipinski definition) is 1. The minimum absolute atomic E-state index is 0.00295. The summed E-state index contributed by atoms with van der Waals surface area (Å²) in [5.74, 6) is 0.252. The zero-order valence-corrected chi connectivity index (χ0v) is 21.8. The topological polar surface area (TPSA) is 49.8 Å². The maximum absolute atomic E-state index is 13.6. The monoisotopic (exact) mass is 593 g/mol. The van der Waals surface area contributed by atoms with E-state index in [1.165, 1.54) is 7.11 Å². The number of benzene rings is 3. The van der Waals surface area contributed by atoms with E-state index in [0.717, 1.165) is 17.7 Å². The third kappa shape index (κ3) is 7.65. The van der Waals surface area contributed by atoms with E-state index < -0.39 is 60.0 Å². The molecule has 0 radical (unpaired) electrons. The number of carbonyl (C=O) groups is 1. The number of amides is 1. The quantitative estimate of drug-likeness (QED) is 0.278. The van der Waals surface area contributed by atoms with E-state index in [1.54, 1.807) is 18.2 Å². The summed E-state index contributed by atoms with van der Waals surface area (Å²) in [6.07, 6.45) is -16.9. The van der Waals surface area contributed by atoms with E-state index in [1.807, 2.05) is 13.8 Å². The van der Waals surface area contributed by atoms with Crippen LogP contribution in [0.15, 0.2) is 54.6 Å². The van der Waals surface area contributed by atoms with Gasteiger partial charge in [-0.2, -0.15) is 39.5 Å². The molecule has 0 aliphatic heterocycles. The van der Waals surface area contributed by atoms with Crippen molar-refractivity contribution < 1.29 is 54.2 Å². The molecule has 222 valence electrons. The van der Waals surface area contributed by atoms with Crippen molar-refractivity contribution in [1.82, 2.24) is 4.90 Å². The molecule has 13 heteroatoms. The summed E-state index contributed by atoms with van der Waals surface area (Å²) in [7, 11) is 1.33. The Morgan fingerprint density at radius 1 is 0.756 bits per heavy atom. The van der Waals surface area contributed by atoms with Gasteiger partial charge in [0.15, 0.2) is 0 Å². The lowest BCUT2D eigenvalue weighted by molar-refractivity contribution is -0.143. The van der Waals surface area contributed by atoms with Crippen LogP contribution < -0.4 is 4.74 Å². The van der Waals surface area contributed by atoms with E-state index in [0.29, 0.717) is 28.7 Å². The fourth-order valence-corrected chi connectivity index (χ4v) is 4.19. The molecule has 0 aliphatic carbocycles. The predicted molar refractivity (Wildman–Crippen MR) is 131 cm³/mol. The Kier molecular flexibility index (Phi) is 8.90. The number of rotatable bonds is 7. The van der Waals surface area contributed by atoms with Crippen LogP contribution in [0, 0.1) is 0 Å². The van der Waals surface area contributed by atoms with Crippen LogP contribution in [-0.2, 0) is 31.6 Å². The van der Waals surface area contributed by atoms with Crippen LogP contribution in [0.25, 0.3) is 11.1 Å². The first-order valence-corrected chi connectivity index (χ1v) is 12.0. The van der Waals surface area contributed by atoms with E-state index in [9.17, 15) is 49.4 Å². The van der Waals surface area contributed by atoms with Crippen LogP contribution in [0.1, 0.15) is 53.1 Å². The molecule has 0 saturated heterocycles. The Morgan fingerprint density at radius 3 is 1.78 bits per heavy atom. The van der Waals surface area contributed by atoms with Crippen molar-refractivity contribution in [3.8, 4) is 16.9 Å². The maximum atomic E-state index is 13.6. The molecule has 0 unspecified atom stereocenters. The zero-order chi connectivity index (χ0) is 30.9. The average Bonchev–Trinajstić information content (AvgIpc) is 2.86. The minimum atomic E-state index is -5.17. The molecule has 0 spiro atoms. The van der Waals surface area contributed by atoms with E-state index in [2.05, 4.69) is 0 Å². The summed E-state index contributed by atoms with van der Waals surface area (Å²) in [5.41, 5.74) is -4.02. The Bertz CT molecular complexity index is 1380. The van der Waals surface area contributed by atoms with Crippen LogP contribution >= 0.6 is 0 Å². The first-order valence-electron chi connectivity index (χ1n) is 12.0. The zero-order valence-electron chi connectivity index (χ0n) is 21.8. The van der Waals surface area contributed by atoms with Gasteiger partial charge in [-0.1, -0.05) is 26.0 Å². The fraction of sp³-hybridized carbons (Fsp3) is 0.321. The van der Waals surface area contributed by atoms with Crippen LogP contribution in [0.3, 0.4) is 0 Å². The molecule has 1 amide bonds. The summed E-state index contributed by atoms with van der Waals surface area (Å²) >= 11 is 0. The Morgan fingerprint density at radius 2 is 1.32 bits per heavy atom. The molecule has 0 fully saturated rings. The second-order valence-electron chi connectivity index (χ2n) is 9.54. The number of halogens is 9. The van der Waals surface area contributed by atoms with Gasteiger partial charge < -0.3 is 9.84 Å². The van der Waals surface area contributed by atoms with Crippen LogP contribution in [0.2, 0.25) is 0 Å². The van der Waals surface area contributed by atoms with Crippen molar-refractivity contribution in [2.75, 3.05) is 7.11 Å². The molecule has 0 bridgehead atoms. The van der Waals surface area contributed by atoms with Gasteiger partial charge in [-0.3, -0.25) is 4.90 Å². The summed E-state index contributed by atoms with van der Waals surface area (Å²) in [6, 6.07) is 8.21. The molecule has 0 atom stereocenters. The largest absolute Gasteiger partial charge is 0.496 e. The van der Waals surface area contributed by atoms with Gasteiger partial charge >= 0.3 is 24.6 Å². The number of alkyl halides is 9. The normalized spacial score (nSPS) is 12.5. The predicted octanol–water partition coefficient (Wildman–Crippen LogP) is 9.22. The van der Waals surface area contributed by atoms with Crippen LogP contribution in [0.4, 0.5) is 44.3 Å². The lowest BCUT2D eigenvalue weighted by atomic mass is 9.92. The number of carboxylic acid groups (broad SMARTS) is 1. The molecule has 0 aliphatic rings. The van der Waals surface area contributed by atoms with Crippen LogP contribution in [0.5, 0.6) is 5.75 Å². The van der Waals surface area contributed by atoms with Crippen molar-refractivity contribution >= 4 is 6.09 Å². The SMILES string of the molecule is COc1ccc(C(C)C)cc1-c1ccc(C(F)(F)F)cc1CN(Cc1cc(C(F)(F)F)cc(C(F)(F)F)c1)C(=O)O.